The number of nitro groups is 1. The topological polar surface area (TPSA) is 96.2 Å². The van der Waals surface area contributed by atoms with Crippen molar-refractivity contribution < 1.29 is 4.92 Å². The third-order valence-corrected chi connectivity index (χ3v) is 2.43. The fourth-order valence-electron chi connectivity index (χ4n) is 1.61. The quantitative estimate of drug-likeness (QED) is 0.611. The predicted octanol–water partition coefficient (Wildman–Crippen LogP) is 1.25. The van der Waals surface area contributed by atoms with Crippen LogP contribution in [-0.2, 0) is 0 Å². The minimum atomic E-state index is -0.510. The van der Waals surface area contributed by atoms with Gasteiger partial charge in [0.1, 0.15) is 6.07 Å². The number of anilines is 1. The van der Waals surface area contributed by atoms with Gasteiger partial charge < -0.3 is 10.6 Å². The Kier molecular flexibility index (Phi) is 4.43. The lowest BCUT2D eigenvalue weighted by molar-refractivity contribution is -0.384. The monoisotopic (exact) mass is 234 g/mol. The van der Waals surface area contributed by atoms with E-state index in [1.807, 2.05) is 17.9 Å². The van der Waals surface area contributed by atoms with E-state index >= 15 is 0 Å². The van der Waals surface area contributed by atoms with Crippen LogP contribution in [0.2, 0.25) is 0 Å². The van der Waals surface area contributed by atoms with Crippen LogP contribution in [0.15, 0.2) is 18.2 Å². The molecule has 6 heteroatoms. The third kappa shape index (κ3) is 2.92. The normalized spacial score (nSPS) is 9.71. The molecule has 0 bridgehead atoms. The fourth-order valence-corrected chi connectivity index (χ4v) is 1.61. The molecule has 0 saturated carbocycles. The maximum Gasteiger partial charge on any atom is 0.270 e. The van der Waals surface area contributed by atoms with Gasteiger partial charge >= 0.3 is 0 Å². The molecule has 17 heavy (non-hydrogen) atoms. The van der Waals surface area contributed by atoms with Gasteiger partial charge in [-0.2, -0.15) is 5.26 Å². The number of nitro benzene ring substituents is 1. The van der Waals surface area contributed by atoms with E-state index in [9.17, 15) is 10.1 Å². The molecule has 0 saturated heterocycles. The molecule has 0 amide bonds. The van der Waals surface area contributed by atoms with Crippen molar-refractivity contribution >= 4 is 11.4 Å². The lowest BCUT2D eigenvalue weighted by atomic mass is 10.1. The van der Waals surface area contributed by atoms with Crippen LogP contribution in [0.5, 0.6) is 0 Å². The van der Waals surface area contributed by atoms with Crippen molar-refractivity contribution in [2.45, 2.75) is 6.92 Å². The fraction of sp³-hybridized carbons (Fsp3) is 0.364. The molecule has 0 heterocycles. The highest BCUT2D eigenvalue weighted by Crippen LogP contribution is 2.24. The highest BCUT2D eigenvalue weighted by atomic mass is 16.6. The van der Waals surface area contributed by atoms with Gasteiger partial charge in [0.15, 0.2) is 0 Å². The van der Waals surface area contributed by atoms with Gasteiger partial charge in [-0.25, -0.2) is 0 Å². The summed E-state index contributed by atoms with van der Waals surface area (Å²) in [6, 6.07) is 6.25. The van der Waals surface area contributed by atoms with E-state index in [1.165, 1.54) is 12.1 Å². The Morgan fingerprint density at radius 3 is 2.76 bits per heavy atom. The number of non-ortho nitro benzene ring substituents is 1. The molecule has 0 aliphatic rings. The van der Waals surface area contributed by atoms with Crippen molar-refractivity contribution in [3.63, 3.8) is 0 Å². The molecule has 0 unspecified atom stereocenters. The number of benzene rings is 1. The summed E-state index contributed by atoms with van der Waals surface area (Å²) in [5, 5.41) is 19.6. The summed E-state index contributed by atoms with van der Waals surface area (Å²) >= 11 is 0. The average molecular weight is 234 g/mol. The number of hydrogen-bond acceptors (Lipinski definition) is 5. The Morgan fingerprint density at radius 1 is 1.59 bits per heavy atom. The Labute approximate surface area is 99.4 Å². The summed E-state index contributed by atoms with van der Waals surface area (Å²) in [6.07, 6.45) is 0. The van der Waals surface area contributed by atoms with Gasteiger partial charge in [-0.1, -0.05) is 0 Å². The first-order valence-electron chi connectivity index (χ1n) is 5.27. The van der Waals surface area contributed by atoms with Gasteiger partial charge in [-0.15, -0.1) is 0 Å². The van der Waals surface area contributed by atoms with E-state index in [2.05, 4.69) is 0 Å². The molecule has 2 N–H and O–H groups in total. The van der Waals surface area contributed by atoms with E-state index in [1.54, 1.807) is 6.07 Å². The zero-order valence-electron chi connectivity index (χ0n) is 9.59. The molecule has 1 rings (SSSR count). The molecule has 0 aromatic heterocycles. The number of nitrogens with two attached hydrogens (primary N) is 1. The summed E-state index contributed by atoms with van der Waals surface area (Å²) < 4.78 is 0. The van der Waals surface area contributed by atoms with E-state index in [0.29, 0.717) is 30.9 Å². The summed E-state index contributed by atoms with van der Waals surface area (Å²) in [6.45, 7) is 3.72. The van der Waals surface area contributed by atoms with Crippen LogP contribution in [0, 0.1) is 21.4 Å². The van der Waals surface area contributed by atoms with Crippen LogP contribution in [0.1, 0.15) is 12.5 Å². The zero-order chi connectivity index (χ0) is 12.8. The molecule has 0 aliphatic heterocycles. The number of nitriles is 1. The summed E-state index contributed by atoms with van der Waals surface area (Å²) in [7, 11) is 0. The van der Waals surface area contributed by atoms with E-state index < -0.39 is 4.92 Å². The van der Waals surface area contributed by atoms with E-state index in [0.717, 1.165) is 0 Å². The van der Waals surface area contributed by atoms with Crippen LogP contribution >= 0.6 is 0 Å². The lowest BCUT2D eigenvalue weighted by Gasteiger charge is -2.23. The molecule has 0 aliphatic carbocycles. The number of hydrogen-bond donors (Lipinski definition) is 1. The molecule has 0 spiro atoms. The molecule has 1 aromatic carbocycles. The van der Waals surface area contributed by atoms with Crippen molar-refractivity contribution in [2.24, 2.45) is 5.73 Å². The smallest absolute Gasteiger partial charge is 0.270 e. The lowest BCUT2D eigenvalue weighted by Crippen LogP contribution is -2.29. The zero-order valence-corrected chi connectivity index (χ0v) is 9.59. The van der Waals surface area contributed by atoms with Gasteiger partial charge in [0, 0.05) is 31.8 Å². The highest BCUT2D eigenvalue weighted by Gasteiger charge is 2.14. The maximum atomic E-state index is 10.6. The van der Waals surface area contributed by atoms with Gasteiger partial charge in [-0.05, 0) is 13.0 Å². The van der Waals surface area contributed by atoms with Crippen LogP contribution < -0.4 is 10.6 Å². The number of nitrogens with zero attached hydrogens (tertiary/aromatic N) is 3. The van der Waals surface area contributed by atoms with Crippen LogP contribution in [0.3, 0.4) is 0 Å². The molecule has 0 atom stereocenters. The summed E-state index contributed by atoms with van der Waals surface area (Å²) in [5.41, 5.74) is 6.39. The highest BCUT2D eigenvalue weighted by molar-refractivity contribution is 5.62. The van der Waals surface area contributed by atoms with Gasteiger partial charge in [-0.3, -0.25) is 10.1 Å². The van der Waals surface area contributed by atoms with Crippen LogP contribution in [-0.4, -0.2) is 24.6 Å². The van der Waals surface area contributed by atoms with Crippen LogP contribution in [0.4, 0.5) is 11.4 Å². The molecule has 1 aromatic rings. The first-order chi connectivity index (χ1) is 8.13. The SMILES string of the molecule is CCN(CCN)c1ccc([N+](=O)[O-])cc1C#N. The first-order valence-corrected chi connectivity index (χ1v) is 5.27. The van der Waals surface area contributed by atoms with Crippen LogP contribution in [0.25, 0.3) is 0 Å². The van der Waals surface area contributed by atoms with Crippen molar-refractivity contribution in [2.75, 3.05) is 24.5 Å². The third-order valence-electron chi connectivity index (χ3n) is 2.43. The standard InChI is InChI=1S/C11H14N4O2/c1-2-14(6-5-12)11-4-3-10(15(16)17)7-9(11)8-13/h3-4,7H,2,5-6,12H2,1H3. The Hall–Kier alpha value is -2.13. The molecule has 0 radical (unpaired) electrons. The van der Waals surface area contributed by atoms with Crippen molar-refractivity contribution in [1.82, 2.24) is 0 Å². The Morgan fingerprint density at radius 2 is 2.29 bits per heavy atom. The largest absolute Gasteiger partial charge is 0.369 e. The Bertz CT molecular complexity index is 453. The number of likely N-dealkylation sites (N-methyl/N-ethyl adjacent to an activating group) is 1. The second-order valence-corrected chi connectivity index (χ2v) is 3.44. The van der Waals surface area contributed by atoms with Gasteiger partial charge in [0.05, 0.1) is 16.2 Å². The van der Waals surface area contributed by atoms with Crippen molar-refractivity contribution in [3.8, 4) is 6.07 Å². The second kappa shape index (κ2) is 5.82. The predicted molar refractivity (Wildman–Crippen MR) is 64.8 cm³/mol. The molecular weight excluding hydrogens is 220 g/mol. The first kappa shape index (κ1) is 12.9. The minimum absolute atomic E-state index is 0.0749. The number of rotatable bonds is 5. The average Bonchev–Trinajstić information content (AvgIpc) is 2.35. The van der Waals surface area contributed by atoms with Crippen molar-refractivity contribution in [1.29, 1.82) is 5.26 Å². The van der Waals surface area contributed by atoms with E-state index in [4.69, 9.17) is 11.0 Å². The van der Waals surface area contributed by atoms with E-state index in [-0.39, 0.29) is 5.69 Å². The van der Waals surface area contributed by atoms with Gasteiger partial charge in [0.2, 0.25) is 0 Å². The summed E-state index contributed by atoms with van der Waals surface area (Å²) in [4.78, 5) is 12.0. The molecular formula is C11H14N4O2. The molecule has 6 nitrogen and oxygen atoms in total. The minimum Gasteiger partial charge on any atom is -0.369 e. The van der Waals surface area contributed by atoms with Crippen molar-refractivity contribution in [3.05, 3.63) is 33.9 Å². The maximum absolute atomic E-state index is 10.6. The second-order valence-electron chi connectivity index (χ2n) is 3.44. The molecule has 90 valence electrons. The molecule has 0 fully saturated rings. The summed E-state index contributed by atoms with van der Waals surface area (Å²) in [5.74, 6) is 0. The van der Waals surface area contributed by atoms with Gasteiger partial charge in [0.25, 0.3) is 5.69 Å². The Balaban J connectivity index is 3.16.